The highest BCUT2D eigenvalue weighted by atomic mass is 32.1. The van der Waals surface area contributed by atoms with E-state index in [2.05, 4.69) is 22.1 Å². The average Bonchev–Trinajstić information content (AvgIpc) is 2.41. The van der Waals surface area contributed by atoms with Gasteiger partial charge in [0.25, 0.3) is 0 Å². The Morgan fingerprint density at radius 3 is 2.67 bits per heavy atom. The highest BCUT2D eigenvalue weighted by Crippen LogP contribution is 2.21. The van der Waals surface area contributed by atoms with Crippen molar-refractivity contribution in [2.24, 2.45) is 0 Å². The van der Waals surface area contributed by atoms with Crippen molar-refractivity contribution >= 4 is 12.2 Å². The SMILES string of the molecule is CCOCc1nc(=S)c(C)c(-c2ccccc2)[nH]1. The highest BCUT2D eigenvalue weighted by Gasteiger charge is 2.06. The first kappa shape index (κ1) is 12.9. The van der Waals surface area contributed by atoms with Crippen LogP contribution in [-0.4, -0.2) is 16.6 Å². The van der Waals surface area contributed by atoms with Crippen molar-refractivity contribution < 1.29 is 4.74 Å². The number of nitrogens with zero attached hydrogens (tertiary/aromatic N) is 1. The van der Waals surface area contributed by atoms with Gasteiger partial charge in [0.05, 0.1) is 5.69 Å². The first-order valence-corrected chi connectivity index (χ1v) is 6.36. The molecule has 1 heterocycles. The normalized spacial score (nSPS) is 10.6. The maximum absolute atomic E-state index is 5.37. The quantitative estimate of drug-likeness (QED) is 0.853. The maximum atomic E-state index is 5.37. The summed E-state index contributed by atoms with van der Waals surface area (Å²) in [7, 11) is 0. The Kier molecular flexibility index (Phi) is 4.23. The fourth-order valence-electron chi connectivity index (χ4n) is 1.74. The summed E-state index contributed by atoms with van der Waals surface area (Å²) in [5.74, 6) is 0.770. The molecule has 0 fully saturated rings. The van der Waals surface area contributed by atoms with Crippen LogP contribution in [0.4, 0.5) is 0 Å². The average molecular weight is 260 g/mol. The van der Waals surface area contributed by atoms with Crippen molar-refractivity contribution in [3.8, 4) is 11.3 Å². The zero-order chi connectivity index (χ0) is 13.0. The molecule has 18 heavy (non-hydrogen) atoms. The monoisotopic (exact) mass is 260 g/mol. The lowest BCUT2D eigenvalue weighted by Gasteiger charge is -2.09. The summed E-state index contributed by atoms with van der Waals surface area (Å²) in [4.78, 5) is 7.63. The van der Waals surface area contributed by atoms with Crippen molar-refractivity contribution in [3.05, 3.63) is 46.4 Å². The lowest BCUT2D eigenvalue weighted by atomic mass is 10.1. The molecule has 0 radical (unpaired) electrons. The van der Waals surface area contributed by atoms with E-state index in [4.69, 9.17) is 17.0 Å². The Hall–Kier alpha value is -1.52. The van der Waals surface area contributed by atoms with E-state index >= 15 is 0 Å². The summed E-state index contributed by atoms with van der Waals surface area (Å²) < 4.78 is 5.99. The number of aromatic nitrogens is 2. The van der Waals surface area contributed by atoms with Gasteiger partial charge in [0.1, 0.15) is 17.1 Å². The van der Waals surface area contributed by atoms with Crippen LogP contribution in [0.2, 0.25) is 0 Å². The van der Waals surface area contributed by atoms with E-state index in [0.717, 1.165) is 22.6 Å². The van der Waals surface area contributed by atoms with Crippen LogP contribution in [0.1, 0.15) is 18.3 Å². The van der Waals surface area contributed by atoms with Gasteiger partial charge in [-0.1, -0.05) is 42.5 Å². The number of benzene rings is 1. The summed E-state index contributed by atoms with van der Waals surface area (Å²) in [5, 5.41) is 0. The van der Waals surface area contributed by atoms with Gasteiger partial charge in [-0.25, -0.2) is 4.98 Å². The third-order valence-electron chi connectivity index (χ3n) is 2.71. The molecule has 0 saturated carbocycles. The van der Waals surface area contributed by atoms with Crippen molar-refractivity contribution in [2.75, 3.05) is 6.61 Å². The number of rotatable bonds is 4. The fraction of sp³-hybridized carbons (Fsp3) is 0.286. The van der Waals surface area contributed by atoms with E-state index in [-0.39, 0.29) is 0 Å². The molecule has 0 bridgehead atoms. The molecule has 0 aliphatic heterocycles. The highest BCUT2D eigenvalue weighted by molar-refractivity contribution is 7.71. The molecule has 0 atom stereocenters. The number of ether oxygens (including phenoxy) is 1. The Labute approximate surface area is 112 Å². The van der Waals surface area contributed by atoms with Crippen LogP contribution in [0, 0.1) is 11.6 Å². The summed E-state index contributed by atoms with van der Waals surface area (Å²) in [6.07, 6.45) is 0. The van der Waals surface area contributed by atoms with Crippen LogP contribution in [0.15, 0.2) is 30.3 Å². The van der Waals surface area contributed by atoms with Crippen LogP contribution >= 0.6 is 12.2 Å². The minimum Gasteiger partial charge on any atom is -0.374 e. The van der Waals surface area contributed by atoms with Gasteiger partial charge in [-0.05, 0) is 19.4 Å². The van der Waals surface area contributed by atoms with Gasteiger partial charge < -0.3 is 9.72 Å². The second-order valence-electron chi connectivity index (χ2n) is 3.99. The molecule has 0 unspecified atom stereocenters. The standard InChI is InChI=1S/C14H16N2OS/c1-3-17-9-12-15-13(10(2)14(18)16-12)11-7-5-4-6-8-11/h4-8H,3,9H2,1-2H3,(H,15,16,18). The third kappa shape index (κ3) is 2.83. The van der Waals surface area contributed by atoms with Crippen LogP contribution in [0.5, 0.6) is 0 Å². The van der Waals surface area contributed by atoms with Crippen molar-refractivity contribution in [2.45, 2.75) is 20.5 Å². The van der Waals surface area contributed by atoms with E-state index < -0.39 is 0 Å². The topological polar surface area (TPSA) is 37.9 Å². The lowest BCUT2D eigenvalue weighted by molar-refractivity contribution is 0.128. The van der Waals surface area contributed by atoms with Gasteiger partial charge >= 0.3 is 0 Å². The molecule has 1 aromatic heterocycles. The second kappa shape index (κ2) is 5.89. The van der Waals surface area contributed by atoms with Gasteiger partial charge in [0.15, 0.2) is 0 Å². The first-order chi connectivity index (χ1) is 8.72. The molecule has 3 nitrogen and oxygen atoms in total. The van der Waals surface area contributed by atoms with Gasteiger partial charge in [0, 0.05) is 12.2 Å². The molecular weight excluding hydrogens is 244 g/mol. The van der Waals surface area contributed by atoms with E-state index in [1.54, 1.807) is 0 Å². The molecule has 4 heteroatoms. The smallest absolute Gasteiger partial charge is 0.134 e. The number of aromatic amines is 1. The molecule has 94 valence electrons. The maximum Gasteiger partial charge on any atom is 0.134 e. The number of H-pyrrole nitrogens is 1. The van der Waals surface area contributed by atoms with E-state index in [9.17, 15) is 0 Å². The first-order valence-electron chi connectivity index (χ1n) is 5.95. The summed E-state index contributed by atoms with van der Waals surface area (Å²) in [6.45, 7) is 5.07. The van der Waals surface area contributed by atoms with E-state index in [1.165, 1.54) is 0 Å². The predicted molar refractivity (Wildman–Crippen MR) is 74.9 cm³/mol. The molecule has 0 spiro atoms. The summed E-state index contributed by atoms with van der Waals surface area (Å²) >= 11 is 5.29. The molecule has 0 amide bonds. The minimum absolute atomic E-state index is 0.459. The van der Waals surface area contributed by atoms with Gasteiger partial charge in [-0.15, -0.1) is 0 Å². The largest absolute Gasteiger partial charge is 0.374 e. The van der Waals surface area contributed by atoms with Gasteiger partial charge in [-0.3, -0.25) is 0 Å². The molecule has 0 aliphatic rings. The van der Waals surface area contributed by atoms with Gasteiger partial charge in [-0.2, -0.15) is 0 Å². The Morgan fingerprint density at radius 2 is 2.00 bits per heavy atom. The zero-order valence-electron chi connectivity index (χ0n) is 10.6. The fourth-order valence-corrected chi connectivity index (χ4v) is 1.95. The van der Waals surface area contributed by atoms with Crippen LogP contribution in [0.3, 0.4) is 0 Å². The Balaban J connectivity index is 2.46. The second-order valence-corrected chi connectivity index (χ2v) is 4.38. The van der Waals surface area contributed by atoms with Crippen LogP contribution in [0.25, 0.3) is 11.3 Å². The Bertz CT molecular complexity index is 578. The molecular formula is C14H16N2OS. The molecule has 0 aliphatic carbocycles. The minimum atomic E-state index is 0.459. The Morgan fingerprint density at radius 1 is 1.28 bits per heavy atom. The van der Waals surface area contributed by atoms with E-state index in [0.29, 0.717) is 17.9 Å². The number of hydrogen-bond donors (Lipinski definition) is 1. The van der Waals surface area contributed by atoms with Crippen molar-refractivity contribution in [1.29, 1.82) is 0 Å². The molecule has 1 N–H and O–H groups in total. The summed E-state index contributed by atoms with van der Waals surface area (Å²) in [6, 6.07) is 10.1. The molecule has 2 aromatic rings. The predicted octanol–water partition coefficient (Wildman–Crippen LogP) is 3.65. The van der Waals surface area contributed by atoms with Crippen LogP contribution < -0.4 is 0 Å². The van der Waals surface area contributed by atoms with Crippen molar-refractivity contribution in [3.63, 3.8) is 0 Å². The molecule has 2 rings (SSSR count). The molecule has 1 aromatic carbocycles. The van der Waals surface area contributed by atoms with Gasteiger partial charge in [0.2, 0.25) is 0 Å². The van der Waals surface area contributed by atoms with Crippen LogP contribution in [-0.2, 0) is 11.3 Å². The van der Waals surface area contributed by atoms with Crippen molar-refractivity contribution in [1.82, 2.24) is 9.97 Å². The van der Waals surface area contributed by atoms with E-state index in [1.807, 2.05) is 32.0 Å². The summed E-state index contributed by atoms with van der Waals surface area (Å²) in [5.41, 5.74) is 3.13. The lowest BCUT2D eigenvalue weighted by Crippen LogP contribution is -2.03. The third-order valence-corrected chi connectivity index (χ3v) is 3.10. The zero-order valence-corrected chi connectivity index (χ0v) is 11.4. The number of hydrogen-bond acceptors (Lipinski definition) is 3. The number of nitrogens with one attached hydrogen (secondary N) is 1. The molecule has 0 saturated heterocycles.